The Balaban J connectivity index is 2.03. The molecule has 0 aromatic heterocycles. The number of benzene rings is 2. The highest BCUT2D eigenvalue weighted by atomic mass is 35.5. The highest BCUT2D eigenvalue weighted by molar-refractivity contribution is 6.30. The standard InChI is InChI=1S/C19H20ClNO3/c1-13(15-5-7-16(20)8-6-15)21-19(22)9-4-14-10-17(23-2)12-18(11-14)24-3/h4-13H,1-3H3,(H,21,22)/b9-4+/t13-/m1/s1. The summed E-state index contributed by atoms with van der Waals surface area (Å²) in [6.07, 6.45) is 3.20. The van der Waals surface area contributed by atoms with Crippen molar-refractivity contribution in [2.45, 2.75) is 13.0 Å². The van der Waals surface area contributed by atoms with Crippen LogP contribution in [0, 0.1) is 0 Å². The smallest absolute Gasteiger partial charge is 0.244 e. The second-order valence-corrected chi connectivity index (χ2v) is 5.70. The van der Waals surface area contributed by atoms with E-state index >= 15 is 0 Å². The lowest BCUT2D eigenvalue weighted by Crippen LogP contribution is -2.24. The summed E-state index contributed by atoms with van der Waals surface area (Å²) in [4.78, 5) is 12.1. The van der Waals surface area contributed by atoms with Gasteiger partial charge in [-0.15, -0.1) is 0 Å². The van der Waals surface area contributed by atoms with Crippen LogP contribution in [0.5, 0.6) is 11.5 Å². The molecule has 0 aliphatic heterocycles. The normalized spacial score (nSPS) is 12.0. The number of carbonyl (C=O) groups is 1. The van der Waals surface area contributed by atoms with E-state index in [0.717, 1.165) is 11.1 Å². The first-order valence-electron chi connectivity index (χ1n) is 7.49. The molecule has 1 atom stereocenters. The summed E-state index contributed by atoms with van der Waals surface area (Å²) in [5, 5.41) is 3.58. The average Bonchev–Trinajstić information content (AvgIpc) is 2.60. The second kappa shape index (κ2) is 8.41. The summed E-state index contributed by atoms with van der Waals surface area (Å²) < 4.78 is 10.4. The first kappa shape index (κ1) is 17.9. The zero-order valence-electron chi connectivity index (χ0n) is 13.9. The van der Waals surface area contributed by atoms with Gasteiger partial charge in [0.05, 0.1) is 20.3 Å². The number of halogens is 1. The third kappa shape index (κ3) is 5.03. The maximum absolute atomic E-state index is 12.1. The fraction of sp³-hybridized carbons (Fsp3) is 0.211. The first-order valence-corrected chi connectivity index (χ1v) is 7.86. The molecule has 24 heavy (non-hydrogen) atoms. The fourth-order valence-corrected chi connectivity index (χ4v) is 2.32. The Morgan fingerprint density at radius 3 is 2.21 bits per heavy atom. The maximum atomic E-state index is 12.1. The van der Waals surface area contributed by atoms with Gasteiger partial charge >= 0.3 is 0 Å². The van der Waals surface area contributed by atoms with Crippen LogP contribution in [-0.2, 0) is 4.79 Å². The summed E-state index contributed by atoms with van der Waals surface area (Å²) in [5.41, 5.74) is 1.81. The number of methoxy groups -OCH3 is 2. The van der Waals surface area contributed by atoms with E-state index in [1.165, 1.54) is 6.08 Å². The van der Waals surface area contributed by atoms with Gasteiger partial charge in [-0.1, -0.05) is 23.7 Å². The summed E-state index contributed by atoms with van der Waals surface area (Å²) in [7, 11) is 3.17. The number of hydrogen-bond acceptors (Lipinski definition) is 3. The summed E-state index contributed by atoms with van der Waals surface area (Å²) >= 11 is 5.87. The molecule has 0 radical (unpaired) electrons. The van der Waals surface area contributed by atoms with Crippen molar-refractivity contribution in [3.63, 3.8) is 0 Å². The Morgan fingerprint density at radius 1 is 1.08 bits per heavy atom. The van der Waals surface area contributed by atoms with Crippen LogP contribution in [0.15, 0.2) is 48.5 Å². The topological polar surface area (TPSA) is 47.6 Å². The van der Waals surface area contributed by atoms with Crippen LogP contribution < -0.4 is 14.8 Å². The Bertz CT molecular complexity index is 704. The average molecular weight is 346 g/mol. The van der Waals surface area contributed by atoms with Crippen molar-refractivity contribution in [2.24, 2.45) is 0 Å². The monoisotopic (exact) mass is 345 g/mol. The van der Waals surface area contributed by atoms with Crippen LogP contribution in [0.25, 0.3) is 6.08 Å². The fourth-order valence-electron chi connectivity index (χ4n) is 2.19. The molecule has 0 unspecified atom stereocenters. The third-order valence-electron chi connectivity index (χ3n) is 3.53. The molecular formula is C19H20ClNO3. The number of amides is 1. The number of carbonyl (C=O) groups excluding carboxylic acids is 1. The summed E-state index contributed by atoms with van der Waals surface area (Å²) in [6, 6.07) is 12.7. The van der Waals surface area contributed by atoms with E-state index in [2.05, 4.69) is 5.32 Å². The van der Waals surface area contributed by atoms with Crippen LogP contribution in [0.1, 0.15) is 24.1 Å². The molecule has 0 aliphatic rings. The van der Waals surface area contributed by atoms with Crippen molar-refractivity contribution < 1.29 is 14.3 Å². The number of ether oxygens (including phenoxy) is 2. The maximum Gasteiger partial charge on any atom is 0.244 e. The van der Waals surface area contributed by atoms with E-state index in [4.69, 9.17) is 21.1 Å². The Kier molecular flexibility index (Phi) is 6.27. The molecule has 0 heterocycles. The van der Waals surface area contributed by atoms with E-state index in [-0.39, 0.29) is 11.9 Å². The molecule has 0 saturated carbocycles. The van der Waals surface area contributed by atoms with Gasteiger partial charge in [0.25, 0.3) is 0 Å². The second-order valence-electron chi connectivity index (χ2n) is 5.26. The first-order chi connectivity index (χ1) is 11.5. The van der Waals surface area contributed by atoms with Gasteiger partial charge in [0.2, 0.25) is 5.91 Å². The molecule has 1 N–H and O–H groups in total. The van der Waals surface area contributed by atoms with Crippen molar-refractivity contribution in [3.8, 4) is 11.5 Å². The van der Waals surface area contributed by atoms with Crippen LogP contribution >= 0.6 is 11.6 Å². The van der Waals surface area contributed by atoms with Crippen LogP contribution in [0.2, 0.25) is 5.02 Å². The lowest BCUT2D eigenvalue weighted by molar-refractivity contribution is -0.117. The van der Waals surface area contributed by atoms with Crippen LogP contribution in [0.4, 0.5) is 0 Å². The molecule has 2 aromatic carbocycles. The molecule has 4 nitrogen and oxygen atoms in total. The molecule has 0 aliphatic carbocycles. The molecule has 0 bridgehead atoms. The Hall–Kier alpha value is -2.46. The van der Waals surface area contributed by atoms with Crippen LogP contribution in [-0.4, -0.2) is 20.1 Å². The minimum absolute atomic E-state index is 0.112. The quantitative estimate of drug-likeness (QED) is 0.796. The number of rotatable bonds is 6. The largest absolute Gasteiger partial charge is 0.497 e. The van der Waals surface area contributed by atoms with Crippen molar-refractivity contribution >= 4 is 23.6 Å². The van der Waals surface area contributed by atoms with Crippen molar-refractivity contribution in [1.82, 2.24) is 5.32 Å². The molecule has 0 saturated heterocycles. The predicted octanol–water partition coefficient (Wildman–Crippen LogP) is 4.25. The lowest BCUT2D eigenvalue weighted by atomic mass is 10.1. The van der Waals surface area contributed by atoms with Gasteiger partial charge in [0.1, 0.15) is 11.5 Å². The molecule has 1 amide bonds. The molecular weight excluding hydrogens is 326 g/mol. The molecule has 126 valence electrons. The molecule has 2 aromatic rings. The van der Waals surface area contributed by atoms with E-state index in [0.29, 0.717) is 16.5 Å². The van der Waals surface area contributed by atoms with Crippen molar-refractivity contribution in [3.05, 3.63) is 64.7 Å². The van der Waals surface area contributed by atoms with Gasteiger partial charge in [-0.05, 0) is 48.4 Å². The minimum Gasteiger partial charge on any atom is -0.497 e. The van der Waals surface area contributed by atoms with Crippen molar-refractivity contribution in [2.75, 3.05) is 14.2 Å². The van der Waals surface area contributed by atoms with Gasteiger partial charge in [0.15, 0.2) is 0 Å². The van der Waals surface area contributed by atoms with Gasteiger partial charge in [-0.3, -0.25) is 4.79 Å². The predicted molar refractivity (Wildman–Crippen MR) is 96.6 cm³/mol. The van der Waals surface area contributed by atoms with Crippen LogP contribution in [0.3, 0.4) is 0 Å². The van der Waals surface area contributed by atoms with Gasteiger partial charge < -0.3 is 14.8 Å². The number of nitrogens with one attached hydrogen (secondary N) is 1. The Labute approximate surface area is 147 Å². The van der Waals surface area contributed by atoms with Gasteiger partial charge in [-0.25, -0.2) is 0 Å². The molecule has 5 heteroatoms. The Morgan fingerprint density at radius 2 is 1.67 bits per heavy atom. The van der Waals surface area contributed by atoms with Gasteiger partial charge in [-0.2, -0.15) is 0 Å². The third-order valence-corrected chi connectivity index (χ3v) is 3.78. The summed E-state index contributed by atoms with van der Waals surface area (Å²) in [6.45, 7) is 1.92. The zero-order chi connectivity index (χ0) is 17.5. The minimum atomic E-state index is -0.181. The van der Waals surface area contributed by atoms with E-state index in [1.807, 2.05) is 31.2 Å². The molecule has 2 rings (SSSR count). The van der Waals surface area contributed by atoms with E-state index in [9.17, 15) is 4.79 Å². The highest BCUT2D eigenvalue weighted by Gasteiger charge is 2.07. The van der Waals surface area contributed by atoms with E-state index < -0.39 is 0 Å². The summed E-state index contributed by atoms with van der Waals surface area (Å²) in [5.74, 6) is 1.16. The lowest BCUT2D eigenvalue weighted by Gasteiger charge is -2.13. The molecule has 0 spiro atoms. The SMILES string of the molecule is COc1cc(/C=C/C(=O)N[C@H](C)c2ccc(Cl)cc2)cc(OC)c1. The van der Waals surface area contributed by atoms with Gasteiger partial charge in [0, 0.05) is 17.2 Å². The molecule has 0 fully saturated rings. The van der Waals surface area contributed by atoms with E-state index in [1.54, 1.807) is 38.5 Å². The highest BCUT2D eigenvalue weighted by Crippen LogP contribution is 2.23. The number of hydrogen-bond donors (Lipinski definition) is 1. The van der Waals surface area contributed by atoms with Crippen molar-refractivity contribution in [1.29, 1.82) is 0 Å². The zero-order valence-corrected chi connectivity index (χ0v) is 14.6.